The van der Waals surface area contributed by atoms with Crippen LogP contribution in [0.25, 0.3) is 0 Å². The van der Waals surface area contributed by atoms with Crippen molar-refractivity contribution >= 4 is 0 Å². The van der Waals surface area contributed by atoms with Crippen molar-refractivity contribution in [2.45, 2.75) is 89.6 Å². The molecule has 1 aromatic rings. The fourth-order valence-corrected chi connectivity index (χ4v) is 3.27. The van der Waals surface area contributed by atoms with Gasteiger partial charge in [0.05, 0.1) is 6.61 Å². The lowest BCUT2D eigenvalue weighted by Gasteiger charge is -2.10. The number of allylic oxidation sites excluding steroid dienone is 1. The Morgan fingerprint density at radius 1 is 1.00 bits per heavy atom. The maximum Gasteiger partial charge on any atom is 0.123 e. The molecule has 0 aromatic heterocycles. The maximum atomic E-state index is 5.86. The van der Waals surface area contributed by atoms with Gasteiger partial charge in [-0.15, -0.1) is 6.58 Å². The maximum absolute atomic E-state index is 5.86. The topological polar surface area (TPSA) is 21.8 Å². The van der Waals surface area contributed by atoms with Crippen molar-refractivity contribution < 1.29 is 9.47 Å². The molecule has 1 fully saturated rings. The standard InChI is InChI=1S/C24H38O2/c1-3-4-5-6-7-8-9-10-11-12-13-14-16-22-17-15-18-23(19-22)25-20-24(2)21-26-24/h3,15,17-19H,1,4-14,16,20-21H2,2H3. The molecule has 146 valence electrons. The van der Waals surface area contributed by atoms with E-state index in [1.807, 2.05) is 12.1 Å². The second kappa shape index (κ2) is 12.2. The summed E-state index contributed by atoms with van der Waals surface area (Å²) in [7, 11) is 0. The summed E-state index contributed by atoms with van der Waals surface area (Å²) in [5.74, 6) is 0.979. The lowest BCUT2D eigenvalue weighted by atomic mass is 10.0. The first-order valence-electron chi connectivity index (χ1n) is 10.7. The molecule has 0 radical (unpaired) electrons. The fraction of sp³-hybridized carbons (Fsp3) is 0.667. The molecule has 2 heteroatoms. The summed E-state index contributed by atoms with van der Waals surface area (Å²) in [5.41, 5.74) is 1.35. The largest absolute Gasteiger partial charge is 0.490 e. The van der Waals surface area contributed by atoms with Crippen LogP contribution in [-0.4, -0.2) is 18.8 Å². The van der Waals surface area contributed by atoms with Gasteiger partial charge in [0.15, 0.2) is 0 Å². The van der Waals surface area contributed by atoms with E-state index in [1.165, 1.54) is 76.2 Å². The van der Waals surface area contributed by atoms with Crippen molar-refractivity contribution in [2.24, 2.45) is 0 Å². The lowest BCUT2D eigenvalue weighted by molar-refractivity contribution is 0.202. The van der Waals surface area contributed by atoms with Crippen molar-refractivity contribution in [3.8, 4) is 5.75 Å². The van der Waals surface area contributed by atoms with Gasteiger partial charge in [0, 0.05) is 0 Å². The van der Waals surface area contributed by atoms with Crippen LogP contribution >= 0.6 is 0 Å². The SMILES string of the molecule is C=CCCCCCCCCCCCCc1cccc(OCC2(C)CO2)c1. The molecule has 2 nitrogen and oxygen atoms in total. The first kappa shape index (κ1) is 21.0. The highest BCUT2D eigenvalue weighted by atomic mass is 16.6. The predicted octanol–water partition coefficient (Wildman–Crippen LogP) is 6.87. The van der Waals surface area contributed by atoms with E-state index in [0.717, 1.165) is 18.8 Å². The highest BCUT2D eigenvalue weighted by Crippen LogP contribution is 2.27. The number of unbranched alkanes of at least 4 members (excludes halogenated alkanes) is 10. The highest BCUT2D eigenvalue weighted by molar-refractivity contribution is 5.28. The van der Waals surface area contributed by atoms with E-state index in [4.69, 9.17) is 9.47 Å². The quantitative estimate of drug-likeness (QED) is 0.183. The third-order valence-electron chi connectivity index (χ3n) is 5.20. The lowest BCUT2D eigenvalue weighted by Crippen LogP contribution is -2.16. The summed E-state index contributed by atoms with van der Waals surface area (Å²) in [4.78, 5) is 0. The van der Waals surface area contributed by atoms with Gasteiger partial charge in [0.1, 0.15) is 18.0 Å². The van der Waals surface area contributed by atoms with Gasteiger partial charge >= 0.3 is 0 Å². The molecule has 1 unspecified atom stereocenters. The third kappa shape index (κ3) is 9.43. The predicted molar refractivity (Wildman–Crippen MR) is 111 cm³/mol. The van der Waals surface area contributed by atoms with Gasteiger partial charge in [-0.05, 0) is 50.3 Å². The zero-order valence-electron chi connectivity index (χ0n) is 16.8. The number of epoxide rings is 1. The molecule has 1 aliphatic rings. The molecule has 1 atom stereocenters. The van der Waals surface area contributed by atoms with E-state index < -0.39 is 0 Å². The minimum absolute atomic E-state index is 0.0401. The molecule has 0 aliphatic carbocycles. The van der Waals surface area contributed by atoms with E-state index in [-0.39, 0.29) is 5.60 Å². The highest BCUT2D eigenvalue weighted by Gasteiger charge is 2.40. The molecule has 26 heavy (non-hydrogen) atoms. The monoisotopic (exact) mass is 358 g/mol. The minimum Gasteiger partial charge on any atom is -0.490 e. The molecule has 0 spiro atoms. The minimum atomic E-state index is -0.0401. The van der Waals surface area contributed by atoms with Crippen LogP contribution in [0, 0.1) is 0 Å². The number of benzene rings is 1. The molecule has 0 amide bonds. The molecule has 1 aliphatic heterocycles. The van der Waals surface area contributed by atoms with Crippen LogP contribution in [0.1, 0.15) is 83.1 Å². The Morgan fingerprint density at radius 2 is 1.62 bits per heavy atom. The molecule has 2 rings (SSSR count). The van der Waals surface area contributed by atoms with Gasteiger partial charge in [-0.25, -0.2) is 0 Å². The zero-order chi connectivity index (χ0) is 18.5. The second-order valence-electron chi connectivity index (χ2n) is 8.04. The van der Waals surface area contributed by atoms with Crippen molar-refractivity contribution in [2.75, 3.05) is 13.2 Å². The first-order chi connectivity index (χ1) is 12.7. The Labute approximate surface area is 161 Å². The molecule has 0 bridgehead atoms. The Bertz CT molecular complexity index is 505. The Balaban J connectivity index is 1.44. The van der Waals surface area contributed by atoms with Gasteiger partial charge in [-0.1, -0.05) is 69.6 Å². The summed E-state index contributed by atoms with van der Waals surface area (Å²) < 4.78 is 11.2. The number of hydrogen-bond acceptors (Lipinski definition) is 2. The normalized spacial score (nSPS) is 18.7. The van der Waals surface area contributed by atoms with Crippen LogP contribution < -0.4 is 4.74 Å². The van der Waals surface area contributed by atoms with Gasteiger partial charge in [0.25, 0.3) is 0 Å². The Hall–Kier alpha value is -1.28. The average Bonchev–Trinajstić information content (AvgIpc) is 3.39. The van der Waals surface area contributed by atoms with Crippen LogP contribution in [0.15, 0.2) is 36.9 Å². The summed E-state index contributed by atoms with van der Waals surface area (Å²) >= 11 is 0. The van der Waals surface area contributed by atoms with Crippen LogP contribution in [0.3, 0.4) is 0 Å². The second-order valence-corrected chi connectivity index (χ2v) is 8.04. The number of hydrogen-bond donors (Lipinski definition) is 0. The fourth-order valence-electron chi connectivity index (χ4n) is 3.27. The van der Waals surface area contributed by atoms with E-state index in [1.54, 1.807) is 0 Å². The summed E-state index contributed by atoms with van der Waals surface area (Å²) in [6.07, 6.45) is 18.1. The number of rotatable bonds is 16. The van der Waals surface area contributed by atoms with E-state index in [0.29, 0.717) is 6.61 Å². The van der Waals surface area contributed by atoms with Crippen LogP contribution in [0.5, 0.6) is 5.75 Å². The molecule has 0 N–H and O–H groups in total. The van der Waals surface area contributed by atoms with E-state index in [9.17, 15) is 0 Å². The average molecular weight is 359 g/mol. The molecule has 1 saturated heterocycles. The van der Waals surface area contributed by atoms with Crippen LogP contribution in [0.2, 0.25) is 0 Å². The molecule has 0 saturated carbocycles. The Morgan fingerprint density at radius 3 is 2.23 bits per heavy atom. The molecular weight excluding hydrogens is 320 g/mol. The van der Waals surface area contributed by atoms with Gasteiger partial charge in [-0.2, -0.15) is 0 Å². The van der Waals surface area contributed by atoms with Crippen molar-refractivity contribution in [1.29, 1.82) is 0 Å². The van der Waals surface area contributed by atoms with Gasteiger partial charge < -0.3 is 9.47 Å². The third-order valence-corrected chi connectivity index (χ3v) is 5.20. The first-order valence-corrected chi connectivity index (χ1v) is 10.7. The van der Waals surface area contributed by atoms with Crippen LogP contribution in [-0.2, 0) is 11.2 Å². The van der Waals surface area contributed by atoms with E-state index >= 15 is 0 Å². The van der Waals surface area contributed by atoms with Crippen LogP contribution in [0.4, 0.5) is 0 Å². The van der Waals surface area contributed by atoms with Gasteiger partial charge in [-0.3, -0.25) is 0 Å². The number of ether oxygens (including phenoxy) is 2. The summed E-state index contributed by atoms with van der Waals surface area (Å²) in [6.45, 7) is 7.35. The number of aryl methyl sites for hydroxylation is 1. The summed E-state index contributed by atoms with van der Waals surface area (Å²) in [6, 6.07) is 8.56. The smallest absolute Gasteiger partial charge is 0.123 e. The van der Waals surface area contributed by atoms with Crippen molar-refractivity contribution in [3.63, 3.8) is 0 Å². The molecular formula is C24H38O2. The van der Waals surface area contributed by atoms with Gasteiger partial charge in [0.2, 0.25) is 0 Å². The Kier molecular flexibility index (Phi) is 9.84. The molecule has 1 aromatic carbocycles. The summed E-state index contributed by atoms with van der Waals surface area (Å²) in [5, 5.41) is 0. The molecule has 1 heterocycles. The van der Waals surface area contributed by atoms with Crippen molar-refractivity contribution in [1.82, 2.24) is 0 Å². The van der Waals surface area contributed by atoms with Crippen molar-refractivity contribution in [3.05, 3.63) is 42.5 Å². The van der Waals surface area contributed by atoms with E-state index in [2.05, 4.69) is 31.7 Å². The zero-order valence-corrected chi connectivity index (χ0v) is 16.8.